The summed E-state index contributed by atoms with van der Waals surface area (Å²) in [5.41, 5.74) is 3.52. The van der Waals surface area contributed by atoms with Gasteiger partial charge >= 0.3 is 0 Å². The molecule has 2 aliphatic rings. The van der Waals surface area contributed by atoms with Gasteiger partial charge in [-0.1, -0.05) is 36.4 Å². The van der Waals surface area contributed by atoms with Crippen LogP contribution < -0.4 is 9.47 Å². The molecule has 1 atom stereocenters. The van der Waals surface area contributed by atoms with Gasteiger partial charge in [0.05, 0.1) is 0 Å². The lowest BCUT2D eigenvalue weighted by Crippen LogP contribution is -2.36. The van der Waals surface area contributed by atoms with Crippen LogP contribution in [0.1, 0.15) is 33.9 Å². The van der Waals surface area contributed by atoms with Crippen LogP contribution in [0.4, 0.5) is 0 Å². The number of carbonyl (C=O) groups is 1. The predicted molar refractivity (Wildman–Crippen MR) is 109 cm³/mol. The molecule has 0 N–H and O–H groups in total. The van der Waals surface area contributed by atoms with Crippen LogP contribution in [0.15, 0.2) is 60.0 Å². The quantitative estimate of drug-likeness (QED) is 0.653. The summed E-state index contributed by atoms with van der Waals surface area (Å²) in [5.74, 6) is 1.71. The summed E-state index contributed by atoms with van der Waals surface area (Å²) in [6.45, 7) is 1.78. The van der Waals surface area contributed by atoms with Crippen LogP contribution in [0.25, 0.3) is 0 Å². The highest BCUT2D eigenvalue weighted by Gasteiger charge is 2.26. The van der Waals surface area contributed by atoms with E-state index in [-0.39, 0.29) is 18.6 Å². The third-order valence-electron chi connectivity index (χ3n) is 5.54. The minimum absolute atomic E-state index is 0.00734. The first-order chi connectivity index (χ1) is 13.8. The van der Waals surface area contributed by atoms with Crippen molar-refractivity contribution in [2.24, 2.45) is 0 Å². The highest BCUT2D eigenvalue weighted by Crippen LogP contribution is 2.38. The summed E-state index contributed by atoms with van der Waals surface area (Å²) in [6.07, 6.45) is 1.40. The van der Waals surface area contributed by atoms with Gasteiger partial charge < -0.3 is 14.4 Å². The van der Waals surface area contributed by atoms with E-state index in [2.05, 4.69) is 23.6 Å². The van der Waals surface area contributed by atoms with E-state index in [1.54, 1.807) is 11.3 Å². The number of rotatable bonds is 4. The summed E-state index contributed by atoms with van der Waals surface area (Å²) in [4.78, 5) is 16.6. The number of hydrogen-bond acceptors (Lipinski definition) is 4. The van der Waals surface area contributed by atoms with E-state index in [4.69, 9.17) is 9.47 Å². The number of carbonyl (C=O) groups excluding carboxylic acids is 1. The molecule has 0 aliphatic carbocycles. The number of benzene rings is 2. The van der Waals surface area contributed by atoms with Crippen LogP contribution >= 0.6 is 11.3 Å². The van der Waals surface area contributed by atoms with Crippen molar-refractivity contribution in [3.8, 4) is 11.5 Å². The molecular formula is C23H21NO3S. The third kappa shape index (κ3) is 3.27. The maximum atomic E-state index is 13.2. The summed E-state index contributed by atoms with van der Waals surface area (Å²) < 4.78 is 11.0. The number of ether oxygens (including phenoxy) is 2. The van der Waals surface area contributed by atoms with Crippen molar-refractivity contribution in [3.63, 3.8) is 0 Å². The summed E-state index contributed by atoms with van der Waals surface area (Å²) in [5, 5.41) is 2.12. The van der Waals surface area contributed by atoms with E-state index >= 15 is 0 Å². The van der Waals surface area contributed by atoms with Crippen molar-refractivity contribution in [2.75, 3.05) is 13.3 Å². The fraction of sp³-hybridized carbons (Fsp3) is 0.261. The Hall–Kier alpha value is -2.79. The van der Waals surface area contributed by atoms with E-state index in [0.717, 1.165) is 42.1 Å². The average Bonchev–Trinajstić information content (AvgIpc) is 3.40. The standard InChI is InChI=1S/C23H21NO3S/c25-23(24-10-8-22-18(14-24)9-11-28-22)13-19(16-4-2-1-3-5-16)17-6-7-20-21(12-17)27-15-26-20/h1-7,9,11-12,19H,8,10,13-15H2/t19-/m0/s1. The fourth-order valence-electron chi connectivity index (χ4n) is 4.01. The van der Waals surface area contributed by atoms with Crippen LogP contribution in [0.5, 0.6) is 11.5 Å². The molecule has 5 rings (SSSR count). The topological polar surface area (TPSA) is 38.8 Å². The van der Waals surface area contributed by atoms with Gasteiger partial charge in [0, 0.05) is 30.3 Å². The van der Waals surface area contributed by atoms with E-state index < -0.39 is 0 Å². The second kappa shape index (κ2) is 7.32. The van der Waals surface area contributed by atoms with E-state index in [9.17, 15) is 4.79 Å². The molecule has 1 amide bonds. The Balaban J connectivity index is 1.42. The molecule has 2 aromatic carbocycles. The van der Waals surface area contributed by atoms with Gasteiger partial charge in [0.1, 0.15) is 0 Å². The second-order valence-electron chi connectivity index (χ2n) is 7.21. The van der Waals surface area contributed by atoms with Crippen molar-refractivity contribution in [2.45, 2.75) is 25.3 Å². The molecule has 0 radical (unpaired) electrons. The monoisotopic (exact) mass is 391 g/mol. The van der Waals surface area contributed by atoms with Gasteiger partial charge in [-0.05, 0) is 46.7 Å². The van der Waals surface area contributed by atoms with Gasteiger partial charge in [0.15, 0.2) is 11.5 Å². The Morgan fingerprint density at radius 2 is 1.89 bits per heavy atom. The lowest BCUT2D eigenvalue weighted by Gasteiger charge is -2.29. The van der Waals surface area contributed by atoms with Crippen molar-refractivity contribution in [3.05, 3.63) is 81.5 Å². The number of hydrogen-bond donors (Lipinski definition) is 0. The first-order valence-electron chi connectivity index (χ1n) is 9.55. The summed E-state index contributed by atoms with van der Waals surface area (Å²) in [6, 6.07) is 18.4. The zero-order valence-electron chi connectivity index (χ0n) is 15.5. The number of thiophene rings is 1. The first kappa shape index (κ1) is 17.3. The Labute approximate surface area is 168 Å². The van der Waals surface area contributed by atoms with E-state index in [0.29, 0.717) is 6.42 Å². The highest BCUT2D eigenvalue weighted by atomic mass is 32.1. The van der Waals surface area contributed by atoms with Crippen molar-refractivity contribution in [1.29, 1.82) is 0 Å². The molecule has 0 bridgehead atoms. The van der Waals surface area contributed by atoms with Gasteiger partial charge in [0.25, 0.3) is 0 Å². The molecule has 0 saturated heterocycles. The third-order valence-corrected chi connectivity index (χ3v) is 6.56. The predicted octanol–water partition coefficient (Wildman–Crippen LogP) is 4.58. The first-order valence-corrected chi connectivity index (χ1v) is 10.4. The minimum Gasteiger partial charge on any atom is -0.454 e. The normalized spacial score (nSPS) is 15.9. The maximum Gasteiger partial charge on any atom is 0.231 e. The smallest absolute Gasteiger partial charge is 0.231 e. The molecule has 4 nitrogen and oxygen atoms in total. The van der Waals surface area contributed by atoms with Gasteiger partial charge in [0.2, 0.25) is 12.7 Å². The molecule has 2 aliphatic heterocycles. The molecule has 0 fully saturated rings. The van der Waals surface area contributed by atoms with Gasteiger partial charge in [-0.15, -0.1) is 11.3 Å². The van der Waals surface area contributed by atoms with Crippen LogP contribution in [0, 0.1) is 0 Å². The molecule has 0 spiro atoms. The number of nitrogens with zero attached hydrogens (tertiary/aromatic N) is 1. The van der Waals surface area contributed by atoms with Crippen LogP contribution in [-0.2, 0) is 17.8 Å². The molecule has 3 heterocycles. The summed E-state index contributed by atoms with van der Waals surface area (Å²) >= 11 is 1.79. The fourth-order valence-corrected chi connectivity index (χ4v) is 4.90. The molecular weight excluding hydrogens is 370 g/mol. The summed E-state index contributed by atoms with van der Waals surface area (Å²) in [7, 11) is 0. The zero-order chi connectivity index (χ0) is 18.9. The SMILES string of the molecule is O=C(C[C@@H](c1ccccc1)c1ccc2c(c1)OCO2)N1CCc2sccc2C1. The lowest BCUT2D eigenvalue weighted by atomic mass is 9.87. The van der Waals surface area contributed by atoms with Gasteiger partial charge in [-0.25, -0.2) is 0 Å². The number of fused-ring (bicyclic) bond motifs is 2. The van der Waals surface area contributed by atoms with Crippen molar-refractivity contribution < 1.29 is 14.3 Å². The van der Waals surface area contributed by atoms with E-state index in [1.165, 1.54) is 10.4 Å². The molecule has 28 heavy (non-hydrogen) atoms. The molecule has 0 saturated carbocycles. The Bertz CT molecular complexity index is 998. The Morgan fingerprint density at radius 1 is 1.04 bits per heavy atom. The van der Waals surface area contributed by atoms with Crippen LogP contribution in [0.2, 0.25) is 0 Å². The van der Waals surface area contributed by atoms with E-state index in [1.807, 2.05) is 41.3 Å². The highest BCUT2D eigenvalue weighted by molar-refractivity contribution is 7.10. The molecule has 0 unspecified atom stereocenters. The number of amides is 1. The zero-order valence-corrected chi connectivity index (χ0v) is 16.3. The molecule has 3 aromatic rings. The van der Waals surface area contributed by atoms with Crippen molar-refractivity contribution >= 4 is 17.2 Å². The maximum absolute atomic E-state index is 13.2. The Kier molecular flexibility index (Phi) is 4.53. The second-order valence-corrected chi connectivity index (χ2v) is 8.22. The largest absolute Gasteiger partial charge is 0.454 e. The average molecular weight is 391 g/mol. The van der Waals surface area contributed by atoms with Crippen molar-refractivity contribution in [1.82, 2.24) is 4.90 Å². The minimum atomic E-state index is -0.00734. The molecule has 5 heteroatoms. The van der Waals surface area contributed by atoms with Gasteiger partial charge in [-0.3, -0.25) is 4.79 Å². The molecule has 142 valence electrons. The van der Waals surface area contributed by atoms with Gasteiger partial charge in [-0.2, -0.15) is 0 Å². The van der Waals surface area contributed by atoms with Crippen LogP contribution in [-0.4, -0.2) is 24.1 Å². The molecule has 1 aromatic heterocycles. The Morgan fingerprint density at radius 3 is 2.79 bits per heavy atom. The van der Waals surface area contributed by atoms with Crippen LogP contribution in [0.3, 0.4) is 0 Å². The lowest BCUT2D eigenvalue weighted by molar-refractivity contribution is -0.132.